The first-order valence-electron chi connectivity index (χ1n) is 21.0. The van der Waals surface area contributed by atoms with E-state index >= 15 is 0 Å². The molecule has 2 atom stereocenters. The van der Waals surface area contributed by atoms with Gasteiger partial charge < -0.3 is 23.8 Å². The van der Waals surface area contributed by atoms with Crippen molar-refractivity contribution in [1.29, 1.82) is 0 Å². The summed E-state index contributed by atoms with van der Waals surface area (Å²) in [6.07, 6.45) is 45.5. The number of ether oxygens (including phenoxy) is 3. The number of hydrogen-bond donors (Lipinski definition) is 1. The molecule has 0 fully saturated rings. The van der Waals surface area contributed by atoms with Gasteiger partial charge in [-0.3, -0.25) is 9.59 Å². The number of allylic oxidation sites excluding steroid dienone is 12. The third-order valence-electron chi connectivity index (χ3n) is 8.85. The largest absolute Gasteiger partial charge is 0.477 e. The molecular weight excluding hydrogens is 679 g/mol. The van der Waals surface area contributed by atoms with E-state index in [1.807, 2.05) is 27.2 Å². The molecule has 8 heteroatoms. The number of carboxylic acid groups (broad SMARTS) is 1. The van der Waals surface area contributed by atoms with Crippen molar-refractivity contribution in [3.63, 3.8) is 0 Å². The lowest BCUT2D eigenvalue weighted by Crippen LogP contribution is -2.50. The molecule has 2 unspecified atom stereocenters. The van der Waals surface area contributed by atoms with E-state index in [0.717, 1.165) is 70.6 Å². The van der Waals surface area contributed by atoms with Crippen molar-refractivity contribution in [2.75, 3.05) is 41.0 Å². The number of rotatable bonds is 36. The van der Waals surface area contributed by atoms with Gasteiger partial charge in [0.05, 0.1) is 34.4 Å². The van der Waals surface area contributed by atoms with Crippen molar-refractivity contribution >= 4 is 17.9 Å². The molecule has 8 nitrogen and oxygen atoms in total. The second kappa shape index (κ2) is 36.7. The van der Waals surface area contributed by atoms with Crippen molar-refractivity contribution in [3.8, 4) is 0 Å². The number of aliphatic carboxylic acids is 1. The number of hydrogen-bond acceptors (Lipinski definition) is 6. The third-order valence-corrected chi connectivity index (χ3v) is 8.85. The zero-order valence-electron chi connectivity index (χ0n) is 34.9. The number of carboxylic acids is 1. The van der Waals surface area contributed by atoms with Crippen LogP contribution in [0.3, 0.4) is 0 Å². The standard InChI is InChI=1S/C46H77NO7/c1-6-8-10-12-14-15-16-17-18-19-20-21-22-23-24-25-26-27-28-29-31-32-34-36-44(48)53-41-42(40-52-39-38-43(46(50)51)47(3,4)5)54-45(49)37-35-33-30-13-11-9-7-2/h8,10,14-15,17-18,20-21,23-24,30,33,42-43H,6-7,9,11-13,16,19,22,25-29,31-32,34-41H2,1-5H3/p+1/b10-8+,15-14+,18-17+,21-20+,24-23+,33-30+. The molecule has 308 valence electrons. The minimum absolute atomic E-state index is 0.0381. The molecule has 0 amide bonds. The summed E-state index contributed by atoms with van der Waals surface area (Å²) in [6, 6.07) is -0.623. The summed E-state index contributed by atoms with van der Waals surface area (Å²) in [5.41, 5.74) is 0. The fraction of sp³-hybridized carbons (Fsp3) is 0.674. The molecule has 54 heavy (non-hydrogen) atoms. The number of esters is 2. The lowest BCUT2D eigenvalue weighted by Gasteiger charge is -2.31. The summed E-state index contributed by atoms with van der Waals surface area (Å²) in [4.78, 5) is 36.7. The molecule has 0 aliphatic heterocycles. The van der Waals surface area contributed by atoms with E-state index in [1.54, 1.807) is 0 Å². The topological polar surface area (TPSA) is 99.1 Å². The smallest absolute Gasteiger partial charge is 0.362 e. The van der Waals surface area contributed by atoms with Crippen LogP contribution in [0, 0.1) is 0 Å². The van der Waals surface area contributed by atoms with Gasteiger partial charge in [-0.1, -0.05) is 132 Å². The van der Waals surface area contributed by atoms with E-state index in [-0.39, 0.29) is 42.7 Å². The molecule has 0 rings (SSSR count). The van der Waals surface area contributed by atoms with Gasteiger partial charge in [0.1, 0.15) is 6.61 Å². The first-order valence-corrected chi connectivity index (χ1v) is 21.0. The summed E-state index contributed by atoms with van der Waals surface area (Å²) in [5.74, 6) is -1.56. The number of unbranched alkanes of at least 4 members (excludes halogenated alkanes) is 10. The predicted octanol–water partition coefficient (Wildman–Crippen LogP) is 11.2. The van der Waals surface area contributed by atoms with Crippen molar-refractivity contribution < 1.29 is 38.2 Å². The van der Waals surface area contributed by atoms with E-state index in [0.29, 0.717) is 19.3 Å². The van der Waals surface area contributed by atoms with Crippen LogP contribution in [0.15, 0.2) is 72.9 Å². The van der Waals surface area contributed by atoms with Crippen LogP contribution in [-0.2, 0) is 28.6 Å². The van der Waals surface area contributed by atoms with Gasteiger partial charge in [0, 0.05) is 19.3 Å². The minimum atomic E-state index is -0.886. The maximum absolute atomic E-state index is 12.5. The maximum atomic E-state index is 12.5. The highest BCUT2D eigenvalue weighted by Crippen LogP contribution is 2.12. The van der Waals surface area contributed by atoms with Crippen LogP contribution in [0.5, 0.6) is 0 Å². The molecule has 0 aliphatic carbocycles. The maximum Gasteiger partial charge on any atom is 0.362 e. The molecule has 1 N–H and O–H groups in total. The molecule has 0 spiro atoms. The molecule has 0 heterocycles. The zero-order chi connectivity index (χ0) is 40.0. The van der Waals surface area contributed by atoms with Gasteiger partial charge >= 0.3 is 17.9 Å². The number of quaternary nitrogens is 1. The zero-order valence-corrected chi connectivity index (χ0v) is 34.9. The summed E-state index contributed by atoms with van der Waals surface area (Å²) >= 11 is 0. The number of carbonyl (C=O) groups excluding carboxylic acids is 2. The molecule has 0 radical (unpaired) electrons. The Kier molecular flexibility index (Phi) is 34.5. The van der Waals surface area contributed by atoms with Crippen molar-refractivity contribution in [2.45, 2.75) is 161 Å². The molecule has 0 saturated carbocycles. The lowest BCUT2D eigenvalue weighted by atomic mass is 10.1. The number of nitrogens with zero attached hydrogens (tertiary/aromatic N) is 1. The van der Waals surface area contributed by atoms with E-state index in [2.05, 4.69) is 80.7 Å². The summed E-state index contributed by atoms with van der Waals surface area (Å²) < 4.78 is 17.1. The van der Waals surface area contributed by atoms with Crippen LogP contribution in [0.25, 0.3) is 0 Å². The van der Waals surface area contributed by atoms with E-state index in [9.17, 15) is 19.5 Å². The third kappa shape index (κ3) is 34.5. The number of likely N-dealkylation sites (N-methyl/N-ethyl adjacent to an activating group) is 1. The second-order valence-electron chi connectivity index (χ2n) is 14.9. The van der Waals surface area contributed by atoms with Gasteiger partial charge in [-0.25, -0.2) is 4.79 Å². The fourth-order valence-electron chi connectivity index (χ4n) is 5.60. The van der Waals surface area contributed by atoms with Gasteiger partial charge in [0.2, 0.25) is 0 Å². The molecule has 0 bridgehead atoms. The van der Waals surface area contributed by atoms with E-state index in [4.69, 9.17) is 14.2 Å². The molecule has 0 aromatic heterocycles. The van der Waals surface area contributed by atoms with Gasteiger partial charge in [0.15, 0.2) is 12.1 Å². The predicted molar refractivity (Wildman–Crippen MR) is 224 cm³/mol. The molecule has 0 aromatic rings. The quantitative estimate of drug-likeness (QED) is 0.0294. The van der Waals surface area contributed by atoms with Gasteiger partial charge in [-0.15, -0.1) is 0 Å². The molecule has 0 aromatic carbocycles. The SMILES string of the molecule is CC/C=C/C/C=C/C/C=C/C/C=C/C/C=C/CCCCCCCCCC(=O)OCC(COCCC(C(=O)O)[N+](C)(C)C)OC(=O)CC/C=C/CCCCC. The highest BCUT2D eigenvalue weighted by atomic mass is 16.6. The molecule has 0 saturated heterocycles. The normalized spacial score (nSPS) is 13.7. The number of carbonyl (C=O) groups is 3. The summed E-state index contributed by atoms with van der Waals surface area (Å²) in [5, 5.41) is 9.57. The first-order chi connectivity index (χ1) is 26.1. The second-order valence-corrected chi connectivity index (χ2v) is 14.9. The lowest BCUT2D eigenvalue weighted by molar-refractivity contribution is -0.887. The Bertz CT molecular complexity index is 1110. The van der Waals surface area contributed by atoms with Crippen molar-refractivity contribution in [3.05, 3.63) is 72.9 Å². The molecular formula is C46H78NO7+. The average Bonchev–Trinajstić information content (AvgIpc) is 3.12. The monoisotopic (exact) mass is 757 g/mol. The summed E-state index contributed by atoms with van der Waals surface area (Å²) in [6.45, 7) is 4.48. The van der Waals surface area contributed by atoms with E-state index in [1.165, 1.54) is 38.5 Å². The van der Waals surface area contributed by atoms with E-state index < -0.39 is 18.1 Å². The molecule has 0 aliphatic rings. The minimum Gasteiger partial charge on any atom is -0.477 e. The highest BCUT2D eigenvalue weighted by Gasteiger charge is 2.31. The Morgan fingerprint density at radius 1 is 0.574 bits per heavy atom. The van der Waals surface area contributed by atoms with Gasteiger partial charge in [-0.2, -0.15) is 0 Å². The average molecular weight is 757 g/mol. The van der Waals surface area contributed by atoms with Crippen LogP contribution in [0.1, 0.15) is 149 Å². The Morgan fingerprint density at radius 2 is 1.07 bits per heavy atom. The Labute approximate surface area is 330 Å². The fourth-order valence-corrected chi connectivity index (χ4v) is 5.60. The van der Waals surface area contributed by atoms with Crippen LogP contribution in [0.2, 0.25) is 0 Å². The summed E-state index contributed by atoms with van der Waals surface area (Å²) in [7, 11) is 5.49. The van der Waals surface area contributed by atoms with Crippen LogP contribution in [-0.4, -0.2) is 80.6 Å². The Morgan fingerprint density at radius 3 is 1.63 bits per heavy atom. The Hall–Kier alpha value is -3.23. The van der Waals surface area contributed by atoms with Gasteiger partial charge in [-0.05, 0) is 70.6 Å². The highest BCUT2D eigenvalue weighted by molar-refractivity contribution is 5.72. The van der Waals surface area contributed by atoms with Crippen molar-refractivity contribution in [2.24, 2.45) is 0 Å². The van der Waals surface area contributed by atoms with Crippen LogP contribution < -0.4 is 0 Å². The Balaban J connectivity index is 4.23. The van der Waals surface area contributed by atoms with Gasteiger partial charge in [0.25, 0.3) is 0 Å². The van der Waals surface area contributed by atoms with Crippen LogP contribution in [0.4, 0.5) is 0 Å². The van der Waals surface area contributed by atoms with Crippen molar-refractivity contribution in [1.82, 2.24) is 0 Å². The first kappa shape index (κ1) is 50.8. The van der Waals surface area contributed by atoms with Crippen LogP contribution >= 0.6 is 0 Å².